The van der Waals surface area contributed by atoms with Crippen LogP contribution in [0.3, 0.4) is 0 Å². The van der Waals surface area contributed by atoms with Crippen LogP contribution in [0, 0.1) is 6.92 Å². The molecule has 3 aromatic rings. The molecule has 3 aromatic carbocycles. The summed E-state index contributed by atoms with van der Waals surface area (Å²) in [7, 11) is 3.93. The van der Waals surface area contributed by atoms with Crippen molar-refractivity contribution in [2.45, 2.75) is 32.7 Å². The number of hydrogen-bond acceptors (Lipinski definition) is 6. The molecule has 1 aliphatic heterocycles. The highest BCUT2D eigenvalue weighted by Gasteiger charge is 2.46. The molecule has 1 saturated heterocycles. The van der Waals surface area contributed by atoms with Gasteiger partial charge in [0.2, 0.25) is 0 Å². The molecule has 1 N–H and O–H groups in total. The molecule has 0 saturated carbocycles. The minimum atomic E-state index is -0.748. The summed E-state index contributed by atoms with van der Waals surface area (Å²) in [4.78, 5) is 30.3. The van der Waals surface area contributed by atoms with Gasteiger partial charge in [0.25, 0.3) is 11.7 Å². The third kappa shape index (κ3) is 6.49. The number of carbonyl (C=O) groups excluding carboxylic acids is 2. The summed E-state index contributed by atoms with van der Waals surface area (Å²) in [6.07, 6.45) is 1.56. The van der Waals surface area contributed by atoms with Gasteiger partial charge in [-0.3, -0.25) is 9.59 Å². The first-order valence-electron chi connectivity index (χ1n) is 13.3. The van der Waals surface area contributed by atoms with Crippen LogP contribution in [-0.4, -0.2) is 60.4 Å². The van der Waals surface area contributed by atoms with E-state index in [1.807, 2.05) is 93.5 Å². The molecule has 1 unspecified atom stereocenters. The van der Waals surface area contributed by atoms with Gasteiger partial charge in [-0.25, -0.2) is 0 Å². The standard InChI is InChI=1S/C32H36N2O5/c1-5-19-38-25-15-16-27(22(2)20-25)30(35)28-29(34(32(37)31(28)36)18-10-17-33(3)4)23-11-9-14-26(21-23)39-24-12-7-6-8-13-24/h6-9,11-16,20-21,29,35H,5,10,17-19H2,1-4H3/b30-28-. The van der Waals surface area contributed by atoms with Crippen molar-refractivity contribution < 1.29 is 24.2 Å². The van der Waals surface area contributed by atoms with Gasteiger partial charge >= 0.3 is 0 Å². The van der Waals surface area contributed by atoms with Crippen LogP contribution in [0.15, 0.2) is 78.4 Å². The molecule has 0 aliphatic carbocycles. The molecule has 1 atom stereocenters. The van der Waals surface area contributed by atoms with Crippen molar-refractivity contribution in [2.24, 2.45) is 0 Å². The van der Waals surface area contributed by atoms with E-state index in [-0.39, 0.29) is 11.3 Å². The van der Waals surface area contributed by atoms with Crippen LogP contribution in [0.1, 0.15) is 42.5 Å². The molecule has 0 spiro atoms. The van der Waals surface area contributed by atoms with E-state index in [0.29, 0.717) is 47.9 Å². The number of aryl methyl sites for hydroxylation is 1. The van der Waals surface area contributed by atoms with E-state index >= 15 is 0 Å². The molecule has 4 rings (SSSR count). The van der Waals surface area contributed by atoms with Crippen molar-refractivity contribution in [3.63, 3.8) is 0 Å². The summed E-state index contributed by atoms with van der Waals surface area (Å²) < 4.78 is 11.8. The summed E-state index contributed by atoms with van der Waals surface area (Å²) in [5.41, 5.74) is 2.01. The number of carbonyl (C=O) groups is 2. The predicted octanol–water partition coefficient (Wildman–Crippen LogP) is 5.95. The first-order chi connectivity index (χ1) is 18.8. The average Bonchev–Trinajstić information content (AvgIpc) is 3.17. The number of nitrogens with zero attached hydrogens (tertiary/aromatic N) is 2. The molecular formula is C32H36N2O5. The highest BCUT2D eigenvalue weighted by molar-refractivity contribution is 6.46. The maximum atomic E-state index is 13.4. The van der Waals surface area contributed by atoms with Crippen LogP contribution in [0.2, 0.25) is 0 Å². The Morgan fingerprint density at radius 2 is 1.69 bits per heavy atom. The van der Waals surface area contributed by atoms with Crippen molar-refractivity contribution in [2.75, 3.05) is 33.8 Å². The molecule has 204 valence electrons. The third-order valence-electron chi connectivity index (χ3n) is 6.62. The smallest absolute Gasteiger partial charge is 0.295 e. The number of aliphatic hydroxyl groups excluding tert-OH is 1. The fourth-order valence-electron chi connectivity index (χ4n) is 4.74. The minimum absolute atomic E-state index is 0.0760. The quantitative estimate of drug-likeness (QED) is 0.188. The van der Waals surface area contributed by atoms with Crippen molar-refractivity contribution in [3.05, 3.63) is 95.1 Å². The Hall–Kier alpha value is -4.10. The Morgan fingerprint density at radius 1 is 0.949 bits per heavy atom. The Kier molecular flexibility index (Phi) is 9.04. The monoisotopic (exact) mass is 528 g/mol. The zero-order valence-electron chi connectivity index (χ0n) is 23.0. The van der Waals surface area contributed by atoms with Crippen molar-refractivity contribution >= 4 is 17.4 Å². The number of aliphatic hydroxyl groups is 1. The van der Waals surface area contributed by atoms with Crippen LogP contribution in [0.5, 0.6) is 17.2 Å². The molecule has 0 radical (unpaired) electrons. The highest BCUT2D eigenvalue weighted by atomic mass is 16.5. The van der Waals surface area contributed by atoms with E-state index in [4.69, 9.17) is 9.47 Å². The van der Waals surface area contributed by atoms with Crippen LogP contribution < -0.4 is 9.47 Å². The number of likely N-dealkylation sites (tertiary alicyclic amines) is 1. The fourth-order valence-corrected chi connectivity index (χ4v) is 4.74. The third-order valence-corrected chi connectivity index (χ3v) is 6.62. The van der Waals surface area contributed by atoms with Gasteiger partial charge in [0, 0.05) is 12.1 Å². The summed E-state index contributed by atoms with van der Waals surface area (Å²) >= 11 is 0. The summed E-state index contributed by atoms with van der Waals surface area (Å²) in [6, 6.07) is 21.3. The van der Waals surface area contributed by atoms with Gasteiger partial charge in [0.15, 0.2) is 0 Å². The number of hydrogen-bond donors (Lipinski definition) is 1. The lowest BCUT2D eigenvalue weighted by atomic mass is 9.93. The summed E-state index contributed by atoms with van der Waals surface area (Å²) in [6.45, 7) is 5.60. The molecule has 1 amide bonds. The minimum Gasteiger partial charge on any atom is -0.507 e. The van der Waals surface area contributed by atoms with E-state index in [1.54, 1.807) is 17.0 Å². The van der Waals surface area contributed by atoms with E-state index in [2.05, 4.69) is 0 Å². The zero-order chi connectivity index (χ0) is 27.9. The molecule has 1 fully saturated rings. The lowest BCUT2D eigenvalue weighted by molar-refractivity contribution is -0.139. The molecule has 0 bridgehead atoms. The van der Waals surface area contributed by atoms with Gasteiger partial charge in [0.05, 0.1) is 18.2 Å². The van der Waals surface area contributed by atoms with E-state index < -0.39 is 17.7 Å². The lowest BCUT2D eigenvalue weighted by Crippen LogP contribution is -2.32. The Labute approximate surface area is 230 Å². The topological polar surface area (TPSA) is 79.3 Å². The fraction of sp³-hybridized carbons (Fsp3) is 0.312. The SMILES string of the molecule is CCCOc1ccc(/C(O)=C2/C(=O)C(=O)N(CCCN(C)C)C2c2cccc(Oc3ccccc3)c2)c(C)c1. The van der Waals surface area contributed by atoms with Gasteiger partial charge < -0.3 is 24.4 Å². The average molecular weight is 529 g/mol. The number of amides is 1. The summed E-state index contributed by atoms with van der Waals surface area (Å²) in [5.74, 6) is 0.444. The lowest BCUT2D eigenvalue weighted by Gasteiger charge is -2.26. The Balaban J connectivity index is 1.77. The maximum absolute atomic E-state index is 13.4. The van der Waals surface area contributed by atoms with Gasteiger partial charge in [-0.1, -0.05) is 37.3 Å². The zero-order valence-corrected chi connectivity index (χ0v) is 23.0. The van der Waals surface area contributed by atoms with Gasteiger partial charge in [-0.15, -0.1) is 0 Å². The van der Waals surface area contributed by atoms with Gasteiger partial charge in [-0.2, -0.15) is 0 Å². The maximum Gasteiger partial charge on any atom is 0.295 e. The Bertz CT molecular complexity index is 1350. The molecule has 1 aliphatic rings. The normalized spacial score (nSPS) is 16.6. The molecule has 39 heavy (non-hydrogen) atoms. The highest BCUT2D eigenvalue weighted by Crippen LogP contribution is 2.41. The molecule has 1 heterocycles. The molecule has 0 aromatic heterocycles. The largest absolute Gasteiger partial charge is 0.507 e. The second kappa shape index (κ2) is 12.6. The molecular weight excluding hydrogens is 492 g/mol. The first-order valence-corrected chi connectivity index (χ1v) is 13.3. The van der Waals surface area contributed by atoms with Crippen LogP contribution in [0.25, 0.3) is 5.76 Å². The van der Waals surface area contributed by atoms with Crippen molar-refractivity contribution in [1.29, 1.82) is 0 Å². The predicted molar refractivity (Wildman–Crippen MR) is 152 cm³/mol. The van der Waals surface area contributed by atoms with Crippen LogP contribution in [0.4, 0.5) is 0 Å². The summed E-state index contributed by atoms with van der Waals surface area (Å²) in [5, 5.41) is 11.5. The number of ketones is 1. The van der Waals surface area contributed by atoms with Gasteiger partial charge in [0.1, 0.15) is 23.0 Å². The van der Waals surface area contributed by atoms with Crippen molar-refractivity contribution in [3.8, 4) is 17.2 Å². The Morgan fingerprint density at radius 3 is 2.38 bits per heavy atom. The number of rotatable bonds is 11. The second-order valence-electron chi connectivity index (χ2n) is 9.96. The number of ether oxygens (including phenoxy) is 2. The molecule has 7 nitrogen and oxygen atoms in total. The number of para-hydroxylation sites is 1. The van der Waals surface area contributed by atoms with E-state index in [0.717, 1.165) is 18.5 Å². The molecule has 7 heteroatoms. The van der Waals surface area contributed by atoms with Gasteiger partial charge in [-0.05, 0) is 94.0 Å². The first kappa shape index (κ1) is 27.9. The van der Waals surface area contributed by atoms with Crippen molar-refractivity contribution in [1.82, 2.24) is 9.80 Å². The van der Waals surface area contributed by atoms with E-state index in [1.165, 1.54) is 0 Å². The van der Waals surface area contributed by atoms with Crippen LogP contribution in [-0.2, 0) is 9.59 Å². The van der Waals surface area contributed by atoms with Crippen LogP contribution >= 0.6 is 0 Å². The van der Waals surface area contributed by atoms with E-state index in [9.17, 15) is 14.7 Å². The second-order valence-corrected chi connectivity index (χ2v) is 9.96. The number of Topliss-reactive ketones (excluding diaryl/α,β-unsaturated/α-hetero) is 1. The number of benzene rings is 3.